The number of halogens is 2. The van der Waals surface area contributed by atoms with Crippen molar-refractivity contribution < 1.29 is 9.18 Å². The van der Waals surface area contributed by atoms with Crippen molar-refractivity contribution in [3.63, 3.8) is 0 Å². The molecule has 2 N–H and O–H groups in total. The first-order valence-corrected chi connectivity index (χ1v) is 6.34. The van der Waals surface area contributed by atoms with Crippen molar-refractivity contribution in [3.8, 4) is 0 Å². The van der Waals surface area contributed by atoms with Crippen LogP contribution in [0.1, 0.15) is 5.69 Å². The number of benzene rings is 1. The first-order valence-electron chi connectivity index (χ1n) is 5.55. The first kappa shape index (κ1) is 13.5. The Labute approximate surface area is 118 Å². The number of hydrogen-bond acceptors (Lipinski definition) is 2. The summed E-state index contributed by atoms with van der Waals surface area (Å²) in [7, 11) is 0. The van der Waals surface area contributed by atoms with Gasteiger partial charge in [-0.05, 0) is 46.3 Å². The van der Waals surface area contributed by atoms with Crippen molar-refractivity contribution in [2.24, 2.45) is 0 Å². The van der Waals surface area contributed by atoms with E-state index in [0.29, 0.717) is 16.7 Å². The molecule has 1 aromatic carbocycles. The van der Waals surface area contributed by atoms with Gasteiger partial charge in [-0.15, -0.1) is 0 Å². The molecule has 19 heavy (non-hydrogen) atoms. The van der Waals surface area contributed by atoms with Gasteiger partial charge < -0.3 is 10.6 Å². The monoisotopic (exact) mass is 323 g/mol. The van der Waals surface area contributed by atoms with Crippen LogP contribution < -0.4 is 10.6 Å². The molecule has 0 fully saturated rings. The van der Waals surface area contributed by atoms with Crippen molar-refractivity contribution in [1.82, 2.24) is 10.3 Å². The average molecular weight is 324 g/mol. The van der Waals surface area contributed by atoms with E-state index in [9.17, 15) is 9.18 Å². The predicted molar refractivity (Wildman–Crippen MR) is 74.2 cm³/mol. The quantitative estimate of drug-likeness (QED) is 0.910. The van der Waals surface area contributed by atoms with Gasteiger partial charge in [-0.25, -0.2) is 9.18 Å². The number of nitrogens with zero attached hydrogens (tertiary/aromatic N) is 1. The van der Waals surface area contributed by atoms with Crippen molar-refractivity contribution in [3.05, 3.63) is 58.6 Å². The molecule has 0 saturated carbocycles. The Hall–Kier alpha value is -1.95. The molecule has 0 atom stereocenters. The van der Waals surface area contributed by atoms with Gasteiger partial charge in [0.25, 0.3) is 0 Å². The number of anilines is 1. The summed E-state index contributed by atoms with van der Waals surface area (Å²) in [6.07, 6.45) is 1.66. The Kier molecular flexibility index (Phi) is 4.46. The highest BCUT2D eigenvalue weighted by molar-refractivity contribution is 9.10. The van der Waals surface area contributed by atoms with Gasteiger partial charge in [-0.1, -0.05) is 6.07 Å². The van der Waals surface area contributed by atoms with Gasteiger partial charge in [0.05, 0.1) is 17.9 Å². The zero-order chi connectivity index (χ0) is 13.7. The van der Waals surface area contributed by atoms with Crippen molar-refractivity contribution in [2.45, 2.75) is 6.54 Å². The molecule has 0 aliphatic carbocycles. The lowest BCUT2D eigenvalue weighted by Crippen LogP contribution is -2.28. The molecule has 1 aromatic heterocycles. The maximum atomic E-state index is 12.9. The summed E-state index contributed by atoms with van der Waals surface area (Å²) in [5.74, 6) is -0.369. The first-order chi connectivity index (χ1) is 9.15. The number of aromatic nitrogens is 1. The largest absolute Gasteiger partial charge is 0.332 e. The molecule has 0 saturated heterocycles. The van der Waals surface area contributed by atoms with E-state index in [2.05, 4.69) is 31.5 Å². The van der Waals surface area contributed by atoms with Crippen LogP contribution in [0.5, 0.6) is 0 Å². The molecule has 0 aliphatic heterocycles. The highest BCUT2D eigenvalue weighted by atomic mass is 79.9. The zero-order valence-electron chi connectivity index (χ0n) is 9.86. The van der Waals surface area contributed by atoms with Crippen LogP contribution in [-0.4, -0.2) is 11.0 Å². The van der Waals surface area contributed by atoms with Gasteiger partial charge in [-0.2, -0.15) is 0 Å². The second-order valence-electron chi connectivity index (χ2n) is 3.75. The van der Waals surface area contributed by atoms with Gasteiger partial charge in [0.2, 0.25) is 0 Å². The highest BCUT2D eigenvalue weighted by Crippen LogP contribution is 2.22. The molecule has 0 unspecified atom stereocenters. The van der Waals surface area contributed by atoms with E-state index in [1.165, 1.54) is 18.2 Å². The van der Waals surface area contributed by atoms with E-state index < -0.39 is 0 Å². The molecule has 2 amide bonds. The average Bonchev–Trinajstić information content (AvgIpc) is 2.41. The van der Waals surface area contributed by atoms with Crippen molar-refractivity contribution in [2.75, 3.05) is 5.32 Å². The van der Waals surface area contributed by atoms with Crippen LogP contribution in [0.15, 0.2) is 47.1 Å². The lowest BCUT2D eigenvalue weighted by molar-refractivity contribution is 0.251. The minimum Gasteiger partial charge on any atom is -0.332 e. The number of urea groups is 1. The summed E-state index contributed by atoms with van der Waals surface area (Å²) >= 11 is 3.18. The maximum absolute atomic E-state index is 12.9. The molecule has 98 valence electrons. The Morgan fingerprint density at radius 3 is 2.84 bits per heavy atom. The van der Waals surface area contributed by atoms with Gasteiger partial charge in [0.15, 0.2) is 0 Å². The number of pyridine rings is 1. The summed E-state index contributed by atoms with van der Waals surface area (Å²) in [6.45, 7) is 0.325. The minimum absolute atomic E-state index is 0.325. The Balaban J connectivity index is 1.91. The standard InChI is InChI=1S/C13H11BrFN3O/c14-11-7-9(15)4-5-12(11)18-13(19)17-8-10-3-1-2-6-16-10/h1-7H,8H2,(H2,17,18,19). The Morgan fingerprint density at radius 1 is 1.32 bits per heavy atom. The van der Waals surface area contributed by atoms with Gasteiger partial charge in [-0.3, -0.25) is 4.98 Å². The lowest BCUT2D eigenvalue weighted by Gasteiger charge is -2.08. The van der Waals surface area contributed by atoms with Crippen molar-refractivity contribution in [1.29, 1.82) is 0 Å². The number of amides is 2. The van der Waals surface area contributed by atoms with Gasteiger partial charge in [0.1, 0.15) is 5.82 Å². The fraction of sp³-hybridized carbons (Fsp3) is 0.0769. The molecule has 2 rings (SSSR count). The van der Waals surface area contributed by atoms with E-state index in [-0.39, 0.29) is 11.8 Å². The molecule has 1 heterocycles. The molecular weight excluding hydrogens is 313 g/mol. The zero-order valence-corrected chi connectivity index (χ0v) is 11.4. The molecule has 2 aromatic rings. The van der Waals surface area contributed by atoms with Crippen LogP contribution in [-0.2, 0) is 6.54 Å². The van der Waals surface area contributed by atoms with Crippen LogP contribution in [0.3, 0.4) is 0 Å². The van der Waals surface area contributed by atoms with Crippen LogP contribution in [0, 0.1) is 5.82 Å². The van der Waals surface area contributed by atoms with E-state index in [4.69, 9.17) is 0 Å². The third kappa shape index (κ3) is 4.03. The number of nitrogens with one attached hydrogen (secondary N) is 2. The summed E-state index contributed by atoms with van der Waals surface area (Å²) in [5, 5.41) is 5.28. The molecule has 6 heteroatoms. The van der Waals surface area contributed by atoms with E-state index in [1.807, 2.05) is 12.1 Å². The lowest BCUT2D eigenvalue weighted by atomic mass is 10.3. The molecule has 0 aliphatic rings. The highest BCUT2D eigenvalue weighted by Gasteiger charge is 2.06. The number of carbonyl (C=O) groups is 1. The molecule has 4 nitrogen and oxygen atoms in total. The number of rotatable bonds is 3. The summed E-state index contributed by atoms with van der Waals surface area (Å²) in [4.78, 5) is 15.7. The second kappa shape index (κ2) is 6.29. The smallest absolute Gasteiger partial charge is 0.319 e. The SMILES string of the molecule is O=C(NCc1ccccn1)Nc1ccc(F)cc1Br. The van der Waals surface area contributed by atoms with Crippen LogP contribution in [0.2, 0.25) is 0 Å². The van der Waals surface area contributed by atoms with E-state index >= 15 is 0 Å². The third-order valence-electron chi connectivity index (χ3n) is 2.34. The van der Waals surface area contributed by atoms with Crippen LogP contribution in [0.25, 0.3) is 0 Å². The normalized spacial score (nSPS) is 10.0. The van der Waals surface area contributed by atoms with E-state index in [1.54, 1.807) is 12.3 Å². The third-order valence-corrected chi connectivity index (χ3v) is 2.99. The Morgan fingerprint density at radius 2 is 2.16 bits per heavy atom. The van der Waals surface area contributed by atoms with Gasteiger partial charge in [0, 0.05) is 10.7 Å². The van der Waals surface area contributed by atoms with Crippen molar-refractivity contribution >= 4 is 27.6 Å². The number of carbonyl (C=O) groups excluding carboxylic acids is 1. The minimum atomic E-state index is -0.377. The molecular formula is C13H11BrFN3O. The maximum Gasteiger partial charge on any atom is 0.319 e. The Bertz CT molecular complexity index is 577. The summed E-state index contributed by atoms with van der Waals surface area (Å²) in [5.41, 5.74) is 1.26. The predicted octanol–water partition coefficient (Wildman–Crippen LogP) is 3.30. The van der Waals surface area contributed by atoms with Crippen LogP contribution >= 0.6 is 15.9 Å². The topological polar surface area (TPSA) is 54.0 Å². The number of hydrogen-bond donors (Lipinski definition) is 2. The van der Waals surface area contributed by atoms with E-state index in [0.717, 1.165) is 5.69 Å². The second-order valence-corrected chi connectivity index (χ2v) is 4.61. The fourth-order valence-electron chi connectivity index (χ4n) is 1.43. The summed E-state index contributed by atoms with van der Waals surface area (Å²) in [6, 6.07) is 9.14. The van der Waals surface area contributed by atoms with Gasteiger partial charge >= 0.3 is 6.03 Å². The summed E-state index contributed by atoms with van der Waals surface area (Å²) < 4.78 is 13.4. The fourth-order valence-corrected chi connectivity index (χ4v) is 1.88. The van der Waals surface area contributed by atoms with Crippen LogP contribution in [0.4, 0.5) is 14.9 Å². The molecule has 0 spiro atoms. The molecule has 0 radical (unpaired) electrons. The molecule has 0 bridgehead atoms.